The van der Waals surface area contributed by atoms with Crippen molar-refractivity contribution in [3.05, 3.63) is 29.8 Å². The molecule has 0 saturated heterocycles. The zero-order valence-corrected chi connectivity index (χ0v) is 12.0. The van der Waals surface area contributed by atoms with Gasteiger partial charge in [-0.3, -0.25) is 4.79 Å². The molecule has 5 nitrogen and oxygen atoms in total. The van der Waals surface area contributed by atoms with Crippen LogP contribution in [0.4, 0.5) is 10.5 Å². The lowest BCUT2D eigenvalue weighted by molar-refractivity contribution is -0.136. The Morgan fingerprint density at radius 1 is 1.25 bits per heavy atom. The van der Waals surface area contributed by atoms with Gasteiger partial charge in [-0.2, -0.15) is 0 Å². The van der Waals surface area contributed by atoms with E-state index < -0.39 is 5.97 Å². The lowest BCUT2D eigenvalue weighted by atomic mass is 10.1. The molecule has 0 spiro atoms. The summed E-state index contributed by atoms with van der Waals surface area (Å²) < 4.78 is 0. The summed E-state index contributed by atoms with van der Waals surface area (Å²) >= 11 is 0. The summed E-state index contributed by atoms with van der Waals surface area (Å²) in [6.07, 6.45) is 2.33. The van der Waals surface area contributed by atoms with Crippen LogP contribution in [0.1, 0.15) is 38.7 Å². The van der Waals surface area contributed by atoms with E-state index >= 15 is 0 Å². The molecule has 1 aromatic rings. The SMILES string of the molecule is CCC(CC)NC(=O)Nc1cccc(CCC(=O)O)c1. The standard InChI is InChI=1S/C15H22N2O3/c1-3-12(4-2)16-15(20)17-13-7-5-6-11(10-13)8-9-14(18)19/h5-7,10,12H,3-4,8-9H2,1-2H3,(H,18,19)(H2,16,17,20). The number of benzene rings is 1. The summed E-state index contributed by atoms with van der Waals surface area (Å²) in [7, 11) is 0. The maximum absolute atomic E-state index is 11.8. The van der Waals surface area contributed by atoms with Crippen LogP contribution < -0.4 is 10.6 Å². The number of carbonyl (C=O) groups excluding carboxylic acids is 1. The van der Waals surface area contributed by atoms with Crippen molar-refractivity contribution in [1.82, 2.24) is 5.32 Å². The number of rotatable bonds is 7. The normalized spacial score (nSPS) is 10.3. The predicted octanol–water partition coefficient (Wildman–Crippen LogP) is 3.01. The minimum absolute atomic E-state index is 0.0867. The van der Waals surface area contributed by atoms with Crippen molar-refractivity contribution in [3.63, 3.8) is 0 Å². The fourth-order valence-corrected chi connectivity index (χ4v) is 1.90. The lowest BCUT2D eigenvalue weighted by Gasteiger charge is -2.15. The topological polar surface area (TPSA) is 78.4 Å². The van der Waals surface area contributed by atoms with E-state index in [9.17, 15) is 9.59 Å². The molecule has 0 atom stereocenters. The Kier molecular flexibility index (Phi) is 6.56. The predicted molar refractivity (Wildman–Crippen MR) is 78.9 cm³/mol. The Labute approximate surface area is 119 Å². The minimum Gasteiger partial charge on any atom is -0.481 e. The number of hydrogen-bond acceptors (Lipinski definition) is 2. The van der Waals surface area contributed by atoms with Crippen LogP contribution in [0.15, 0.2) is 24.3 Å². The van der Waals surface area contributed by atoms with Gasteiger partial charge in [-0.1, -0.05) is 26.0 Å². The number of carboxylic acids is 1. The van der Waals surface area contributed by atoms with Crippen LogP contribution in [0.3, 0.4) is 0 Å². The van der Waals surface area contributed by atoms with E-state index in [0.29, 0.717) is 12.1 Å². The highest BCUT2D eigenvalue weighted by Crippen LogP contribution is 2.12. The molecule has 0 unspecified atom stereocenters. The van der Waals surface area contributed by atoms with Gasteiger partial charge < -0.3 is 15.7 Å². The molecule has 5 heteroatoms. The Morgan fingerprint density at radius 2 is 1.95 bits per heavy atom. The number of amides is 2. The monoisotopic (exact) mass is 278 g/mol. The molecule has 0 saturated carbocycles. The fraction of sp³-hybridized carbons (Fsp3) is 0.467. The molecule has 0 aliphatic rings. The number of carbonyl (C=O) groups is 2. The number of aryl methyl sites for hydroxylation is 1. The average molecular weight is 278 g/mol. The Bertz CT molecular complexity index is 456. The van der Waals surface area contributed by atoms with Crippen LogP contribution in [-0.4, -0.2) is 23.1 Å². The highest BCUT2D eigenvalue weighted by molar-refractivity contribution is 5.89. The van der Waals surface area contributed by atoms with Crippen molar-refractivity contribution in [2.24, 2.45) is 0 Å². The molecular formula is C15H22N2O3. The first-order valence-corrected chi connectivity index (χ1v) is 6.93. The smallest absolute Gasteiger partial charge is 0.319 e. The second-order valence-electron chi connectivity index (χ2n) is 4.71. The first-order chi connectivity index (χ1) is 9.55. The van der Waals surface area contributed by atoms with Crippen LogP contribution in [0.5, 0.6) is 0 Å². The third-order valence-electron chi connectivity index (χ3n) is 3.13. The second-order valence-corrected chi connectivity index (χ2v) is 4.71. The van der Waals surface area contributed by atoms with Gasteiger partial charge in [0.05, 0.1) is 0 Å². The molecule has 110 valence electrons. The van der Waals surface area contributed by atoms with Gasteiger partial charge in [0.25, 0.3) is 0 Å². The van der Waals surface area contributed by atoms with Crippen LogP contribution in [0, 0.1) is 0 Å². The summed E-state index contributed by atoms with van der Waals surface area (Å²) in [6.45, 7) is 4.06. The van der Waals surface area contributed by atoms with Gasteiger partial charge in [0.2, 0.25) is 0 Å². The van der Waals surface area contributed by atoms with Gasteiger partial charge in [-0.05, 0) is 37.0 Å². The van der Waals surface area contributed by atoms with Crippen molar-refractivity contribution in [2.75, 3.05) is 5.32 Å². The van der Waals surface area contributed by atoms with Gasteiger partial charge in [-0.15, -0.1) is 0 Å². The lowest BCUT2D eigenvalue weighted by Crippen LogP contribution is -2.37. The molecule has 0 radical (unpaired) electrons. The number of nitrogens with one attached hydrogen (secondary N) is 2. The summed E-state index contributed by atoms with van der Waals surface area (Å²) in [5, 5.41) is 14.3. The summed E-state index contributed by atoms with van der Waals surface area (Å²) in [5.41, 5.74) is 1.57. The number of carboxylic acid groups (broad SMARTS) is 1. The molecule has 0 heterocycles. The molecule has 1 aromatic carbocycles. The second kappa shape index (κ2) is 8.19. The first kappa shape index (κ1) is 16.0. The van der Waals surface area contributed by atoms with Crippen molar-refractivity contribution in [3.8, 4) is 0 Å². The van der Waals surface area contributed by atoms with Gasteiger partial charge in [0, 0.05) is 18.2 Å². The molecule has 0 aliphatic carbocycles. The largest absolute Gasteiger partial charge is 0.481 e. The van der Waals surface area contributed by atoms with E-state index in [0.717, 1.165) is 18.4 Å². The maximum Gasteiger partial charge on any atom is 0.319 e. The van der Waals surface area contributed by atoms with Gasteiger partial charge in [0.15, 0.2) is 0 Å². The molecular weight excluding hydrogens is 256 g/mol. The average Bonchev–Trinajstić information content (AvgIpc) is 2.43. The number of aliphatic carboxylic acids is 1. The first-order valence-electron chi connectivity index (χ1n) is 6.93. The van der Waals surface area contributed by atoms with Gasteiger partial charge >= 0.3 is 12.0 Å². The highest BCUT2D eigenvalue weighted by Gasteiger charge is 2.08. The Balaban J connectivity index is 2.56. The molecule has 0 aromatic heterocycles. The van der Waals surface area contributed by atoms with Crippen LogP contribution in [0.2, 0.25) is 0 Å². The molecule has 0 fully saturated rings. The molecule has 0 aliphatic heterocycles. The summed E-state index contributed by atoms with van der Waals surface area (Å²) in [5.74, 6) is -0.824. The molecule has 3 N–H and O–H groups in total. The molecule has 2 amide bonds. The third kappa shape index (κ3) is 5.73. The molecule has 0 bridgehead atoms. The van der Waals surface area contributed by atoms with Crippen molar-refractivity contribution in [2.45, 2.75) is 45.6 Å². The quantitative estimate of drug-likeness (QED) is 0.717. The summed E-state index contributed by atoms with van der Waals surface area (Å²) in [4.78, 5) is 22.3. The van der Waals surface area contributed by atoms with E-state index in [1.165, 1.54) is 0 Å². The number of hydrogen-bond donors (Lipinski definition) is 3. The van der Waals surface area contributed by atoms with Crippen LogP contribution >= 0.6 is 0 Å². The zero-order valence-electron chi connectivity index (χ0n) is 12.0. The maximum atomic E-state index is 11.8. The van der Waals surface area contributed by atoms with Crippen molar-refractivity contribution in [1.29, 1.82) is 0 Å². The number of urea groups is 1. The van der Waals surface area contributed by atoms with E-state index in [-0.39, 0.29) is 18.5 Å². The molecule has 1 rings (SSSR count). The van der Waals surface area contributed by atoms with Crippen LogP contribution in [-0.2, 0) is 11.2 Å². The Morgan fingerprint density at radius 3 is 2.55 bits per heavy atom. The van der Waals surface area contributed by atoms with E-state index in [1.807, 2.05) is 26.0 Å². The third-order valence-corrected chi connectivity index (χ3v) is 3.13. The highest BCUT2D eigenvalue weighted by atomic mass is 16.4. The molecule has 20 heavy (non-hydrogen) atoms. The fourth-order valence-electron chi connectivity index (χ4n) is 1.90. The van der Waals surface area contributed by atoms with Crippen molar-refractivity contribution >= 4 is 17.7 Å². The number of anilines is 1. The van der Waals surface area contributed by atoms with E-state index in [4.69, 9.17) is 5.11 Å². The van der Waals surface area contributed by atoms with E-state index in [1.54, 1.807) is 12.1 Å². The minimum atomic E-state index is -0.824. The Hall–Kier alpha value is -2.04. The van der Waals surface area contributed by atoms with Crippen molar-refractivity contribution < 1.29 is 14.7 Å². The zero-order chi connectivity index (χ0) is 15.0. The van der Waals surface area contributed by atoms with Gasteiger partial charge in [0.1, 0.15) is 0 Å². The summed E-state index contributed by atoms with van der Waals surface area (Å²) in [6, 6.07) is 7.20. The van der Waals surface area contributed by atoms with Gasteiger partial charge in [-0.25, -0.2) is 4.79 Å². The van der Waals surface area contributed by atoms with E-state index in [2.05, 4.69) is 10.6 Å². The van der Waals surface area contributed by atoms with Crippen LogP contribution in [0.25, 0.3) is 0 Å².